The SMILES string of the molecule is CC(=Cc1ccc(Br)c([N+](=O)[O-])c1)CN. The Kier molecular flexibility index (Phi) is 3.99. The number of nitro groups is 1. The number of benzene rings is 1. The highest BCUT2D eigenvalue weighted by molar-refractivity contribution is 9.10. The van der Waals surface area contributed by atoms with Crippen molar-refractivity contribution in [1.29, 1.82) is 0 Å². The van der Waals surface area contributed by atoms with Gasteiger partial charge in [-0.3, -0.25) is 10.1 Å². The van der Waals surface area contributed by atoms with Crippen molar-refractivity contribution in [1.82, 2.24) is 0 Å². The van der Waals surface area contributed by atoms with Crippen molar-refractivity contribution < 1.29 is 4.92 Å². The van der Waals surface area contributed by atoms with E-state index >= 15 is 0 Å². The predicted molar refractivity (Wildman–Crippen MR) is 63.5 cm³/mol. The summed E-state index contributed by atoms with van der Waals surface area (Å²) in [4.78, 5) is 10.2. The summed E-state index contributed by atoms with van der Waals surface area (Å²) < 4.78 is 0.482. The van der Waals surface area contributed by atoms with E-state index in [0.29, 0.717) is 11.0 Å². The van der Waals surface area contributed by atoms with Crippen LogP contribution in [0.25, 0.3) is 6.08 Å². The zero-order chi connectivity index (χ0) is 11.4. The fraction of sp³-hybridized carbons (Fsp3) is 0.200. The molecule has 1 rings (SSSR count). The van der Waals surface area contributed by atoms with Crippen LogP contribution in [0.3, 0.4) is 0 Å². The average Bonchev–Trinajstić information content (AvgIpc) is 2.20. The van der Waals surface area contributed by atoms with Gasteiger partial charge in [0.25, 0.3) is 5.69 Å². The number of hydrogen-bond donors (Lipinski definition) is 1. The smallest absolute Gasteiger partial charge is 0.284 e. The van der Waals surface area contributed by atoms with Crippen molar-refractivity contribution in [2.45, 2.75) is 6.92 Å². The second-order valence-corrected chi connectivity index (χ2v) is 4.02. The van der Waals surface area contributed by atoms with Gasteiger partial charge in [-0.05, 0) is 34.5 Å². The van der Waals surface area contributed by atoms with Gasteiger partial charge in [-0.25, -0.2) is 0 Å². The van der Waals surface area contributed by atoms with E-state index in [1.165, 1.54) is 6.07 Å². The van der Waals surface area contributed by atoms with Gasteiger partial charge in [-0.15, -0.1) is 0 Å². The predicted octanol–water partition coefficient (Wildman–Crippen LogP) is 2.72. The molecule has 0 saturated heterocycles. The minimum atomic E-state index is -0.417. The largest absolute Gasteiger partial charge is 0.327 e. The van der Waals surface area contributed by atoms with Crippen LogP contribution in [-0.2, 0) is 0 Å². The zero-order valence-electron chi connectivity index (χ0n) is 8.24. The van der Waals surface area contributed by atoms with Crippen molar-refractivity contribution in [3.8, 4) is 0 Å². The van der Waals surface area contributed by atoms with E-state index in [1.54, 1.807) is 12.1 Å². The summed E-state index contributed by atoms with van der Waals surface area (Å²) in [5, 5.41) is 10.7. The van der Waals surface area contributed by atoms with Crippen LogP contribution in [0.15, 0.2) is 28.2 Å². The molecule has 0 radical (unpaired) electrons. The van der Waals surface area contributed by atoms with Gasteiger partial charge < -0.3 is 5.73 Å². The van der Waals surface area contributed by atoms with Crippen molar-refractivity contribution >= 4 is 27.7 Å². The Balaban J connectivity index is 3.13. The van der Waals surface area contributed by atoms with Gasteiger partial charge >= 0.3 is 0 Å². The highest BCUT2D eigenvalue weighted by Crippen LogP contribution is 2.26. The van der Waals surface area contributed by atoms with E-state index < -0.39 is 4.92 Å². The molecule has 0 amide bonds. The van der Waals surface area contributed by atoms with Gasteiger partial charge in [0.1, 0.15) is 0 Å². The quantitative estimate of drug-likeness (QED) is 0.678. The Morgan fingerprint density at radius 1 is 1.67 bits per heavy atom. The number of nitrogens with two attached hydrogens (primary N) is 1. The summed E-state index contributed by atoms with van der Waals surface area (Å²) in [6.07, 6.45) is 1.83. The molecule has 1 aromatic carbocycles. The molecule has 0 bridgehead atoms. The number of hydrogen-bond acceptors (Lipinski definition) is 3. The zero-order valence-corrected chi connectivity index (χ0v) is 9.82. The molecule has 0 spiro atoms. The number of nitro benzene ring substituents is 1. The normalized spacial score (nSPS) is 11.5. The molecular weight excluding hydrogens is 260 g/mol. The third-order valence-electron chi connectivity index (χ3n) is 1.90. The van der Waals surface area contributed by atoms with Gasteiger partial charge in [-0.2, -0.15) is 0 Å². The van der Waals surface area contributed by atoms with E-state index in [1.807, 2.05) is 13.0 Å². The van der Waals surface area contributed by atoms with Crippen LogP contribution in [0.4, 0.5) is 5.69 Å². The molecule has 0 aromatic heterocycles. The first-order chi connectivity index (χ1) is 7.04. The van der Waals surface area contributed by atoms with Crippen molar-refractivity contribution in [3.63, 3.8) is 0 Å². The third-order valence-corrected chi connectivity index (χ3v) is 2.57. The molecule has 0 atom stereocenters. The second kappa shape index (κ2) is 5.04. The van der Waals surface area contributed by atoms with Gasteiger partial charge in [-0.1, -0.05) is 17.7 Å². The molecule has 2 N–H and O–H groups in total. The molecule has 0 saturated carbocycles. The van der Waals surface area contributed by atoms with Crippen LogP contribution >= 0.6 is 15.9 Å². The Labute approximate surface area is 96.1 Å². The van der Waals surface area contributed by atoms with E-state index in [-0.39, 0.29) is 5.69 Å². The molecule has 4 nitrogen and oxygen atoms in total. The Bertz CT molecular complexity index is 416. The van der Waals surface area contributed by atoms with Crippen molar-refractivity contribution in [2.24, 2.45) is 5.73 Å². The van der Waals surface area contributed by atoms with Crippen molar-refractivity contribution in [2.75, 3.05) is 6.54 Å². The van der Waals surface area contributed by atoms with Crippen LogP contribution in [-0.4, -0.2) is 11.5 Å². The number of halogens is 1. The first-order valence-corrected chi connectivity index (χ1v) is 5.15. The minimum absolute atomic E-state index is 0.0635. The highest BCUT2D eigenvalue weighted by atomic mass is 79.9. The fourth-order valence-electron chi connectivity index (χ4n) is 1.10. The number of nitrogens with zero attached hydrogens (tertiary/aromatic N) is 1. The standard InChI is InChI=1S/C10H11BrN2O2/c1-7(6-12)4-8-2-3-9(11)10(5-8)13(14)15/h2-5H,6,12H2,1H3. The maximum absolute atomic E-state index is 10.7. The summed E-state index contributed by atoms with van der Waals surface area (Å²) >= 11 is 3.13. The monoisotopic (exact) mass is 270 g/mol. The summed E-state index contributed by atoms with van der Waals surface area (Å²) in [6, 6.07) is 4.98. The Morgan fingerprint density at radius 3 is 2.87 bits per heavy atom. The average molecular weight is 271 g/mol. The molecule has 0 fully saturated rings. The minimum Gasteiger partial charge on any atom is -0.327 e. The van der Waals surface area contributed by atoms with E-state index in [9.17, 15) is 10.1 Å². The Hall–Kier alpha value is -1.20. The van der Waals surface area contributed by atoms with Crippen LogP contribution in [0.1, 0.15) is 12.5 Å². The lowest BCUT2D eigenvalue weighted by atomic mass is 10.1. The molecule has 5 heteroatoms. The third kappa shape index (κ3) is 3.14. The van der Waals surface area contributed by atoms with Gasteiger partial charge in [0.15, 0.2) is 0 Å². The summed E-state index contributed by atoms with van der Waals surface area (Å²) in [7, 11) is 0. The van der Waals surface area contributed by atoms with E-state index in [4.69, 9.17) is 5.73 Å². The summed E-state index contributed by atoms with van der Waals surface area (Å²) in [5.41, 5.74) is 7.26. The maximum atomic E-state index is 10.7. The lowest BCUT2D eigenvalue weighted by molar-refractivity contribution is -0.385. The number of rotatable bonds is 3. The fourth-order valence-corrected chi connectivity index (χ4v) is 1.49. The lowest BCUT2D eigenvalue weighted by Gasteiger charge is -1.99. The first kappa shape index (κ1) is 11.9. The highest BCUT2D eigenvalue weighted by Gasteiger charge is 2.11. The van der Waals surface area contributed by atoms with Crippen LogP contribution in [0.2, 0.25) is 0 Å². The first-order valence-electron chi connectivity index (χ1n) is 4.35. The van der Waals surface area contributed by atoms with E-state index in [2.05, 4.69) is 15.9 Å². The molecule has 0 unspecified atom stereocenters. The molecule has 1 aromatic rings. The van der Waals surface area contributed by atoms with Crippen LogP contribution < -0.4 is 5.73 Å². The molecular formula is C10H11BrN2O2. The molecule has 0 heterocycles. The summed E-state index contributed by atoms with van der Waals surface area (Å²) in [6.45, 7) is 2.33. The maximum Gasteiger partial charge on any atom is 0.284 e. The second-order valence-electron chi connectivity index (χ2n) is 3.16. The van der Waals surface area contributed by atoms with Gasteiger partial charge in [0.05, 0.1) is 9.40 Å². The Morgan fingerprint density at radius 2 is 2.33 bits per heavy atom. The molecule has 15 heavy (non-hydrogen) atoms. The van der Waals surface area contributed by atoms with Gasteiger partial charge in [0.2, 0.25) is 0 Å². The van der Waals surface area contributed by atoms with Crippen molar-refractivity contribution in [3.05, 3.63) is 43.9 Å². The van der Waals surface area contributed by atoms with Gasteiger partial charge in [0, 0.05) is 12.6 Å². The molecule has 0 aliphatic heterocycles. The molecule has 0 aliphatic rings. The summed E-state index contributed by atoms with van der Waals surface area (Å²) in [5.74, 6) is 0. The topological polar surface area (TPSA) is 69.2 Å². The molecule has 0 aliphatic carbocycles. The lowest BCUT2D eigenvalue weighted by Crippen LogP contribution is -1.99. The molecule has 80 valence electrons. The van der Waals surface area contributed by atoms with Crippen LogP contribution in [0, 0.1) is 10.1 Å². The van der Waals surface area contributed by atoms with Crippen LogP contribution in [0.5, 0.6) is 0 Å². The van der Waals surface area contributed by atoms with E-state index in [0.717, 1.165) is 11.1 Å².